The number of nitrogens with zero attached hydrogens (tertiary/aromatic N) is 2. The van der Waals surface area contributed by atoms with E-state index in [-0.39, 0.29) is 35.1 Å². The zero-order valence-electron chi connectivity index (χ0n) is 13.9. The van der Waals surface area contributed by atoms with Crippen LogP contribution in [0.2, 0.25) is 0 Å². The van der Waals surface area contributed by atoms with Gasteiger partial charge in [0.15, 0.2) is 0 Å². The lowest BCUT2D eigenvalue weighted by Crippen LogP contribution is -2.42. The van der Waals surface area contributed by atoms with Gasteiger partial charge in [0, 0.05) is 26.7 Å². The minimum Gasteiger partial charge on any atom is -0.391 e. The van der Waals surface area contributed by atoms with Gasteiger partial charge in [-0.15, -0.1) is 6.42 Å². The van der Waals surface area contributed by atoms with Gasteiger partial charge in [0.1, 0.15) is 11.4 Å². The molecule has 2 atom stereocenters. The van der Waals surface area contributed by atoms with Gasteiger partial charge in [0.05, 0.1) is 18.3 Å². The molecule has 2 amide bonds. The van der Waals surface area contributed by atoms with E-state index in [1.807, 2.05) is 0 Å². The van der Waals surface area contributed by atoms with E-state index in [2.05, 4.69) is 22.8 Å². The Labute approximate surface area is 141 Å². The molecule has 0 spiro atoms. The Morgan fingerprint density at radius 3 is 2.67 bits per heavy atom. The number of ether oxygens (including phenoxy) is 1. The lowest BCUT2D eigenvalue weighted by molar-refractivity contribution is -0.127. The van der Waals surface area contributed by atoms with Crippen molar-refractivity contribution in [2.75, 3.05) is 27.3 Å². The third-order valence-electron chi connectivity index (χ3n) is 3.70. The first-order valence-electron chi connectivity index (χ1n) is 7.31. The third kappa shape index (κ3) is 4.36. The van der Waals surface area contributed by atoms with E-state index >= 15 is 0 Å². The van der Waals surface area contributed by atoms with Crippen LogP contribution in [0.25, 0.3) is 0 Å². The summed E-state index contributed by atoms with van der Waals surface area (Å²) in [4.78, 5) is 29.3. The van der Waals surface area contributed by atoms with Crippen LogP contribution in [0.5, 0.6) is 0 Å². The Morgan fingerprint density at radius 2 is 2.21 bits per heavy atom. The SMILES string of the molecule is C#CC(N)=C(C(N)=O)C(=NC)N[C@H]1C[C@H](COC)N(C(=O)C=C)C1. The maximum absolute atomic E-state index is 12.0. The van der Waals surface area contributed by atoms with Crippen LogP contribution < -0.4 is 16.8 Å². The summed E-state index contributed by atoms with van der Waals surface area (Å²) >= 11 is 0. The number of carbonyl (C=O) groups is 2. The molecule has 0 aromatic carbocycles. The fourth-order valence-corrected chi connectivity index (χ4v) is 2.65. The summed E-state index contributed by atoms with van der Waals surface area (Å²) in [6.07, 6.45) is 7.11. The molecule has 0 bridgehead atoms. The van der Waals surface area contributed by atoms with Crippen molar-refractivity contribution in [1.82, 2.24) is 10.2 Å². The fraction of sp³-hybridized carbons (Fsp3) is 0.438. The minimum absolute atomic E-state index is 0.0446. The largest absolute Gasteiger partial charge is 0.391 e. The van der Waals surface area contributed by atoms with Crippen LogP contribution in [-0.4, -0.2) is 61.9 Å². The second-order valence-corrected chi connectivity index (χ2v) is 5.25. The molecule has 0 aliphatic carbocycles. The van der Waals surface area contributed by atoms with E-state index < -0.39 is 5.91 Å². The normalized spacial score (nSPS) is 21.7. The Morgan fingerprint density at radius 1 is 1.54 bits per heavy atom. The molecule has 1 aliphatic rings. The first-order chi connectivity index (χ1) is 11.4. The molecule has 0 radical (unpaired) electrons. The summed E-state index contributed by atoms with van der Waals surface area (Å²) < 4.78 is 5.16. The fourth-order valence-electron chi connectivity index (χ4n) is 2.65. The average molecular weight is 333 g/mol. The molecule has 1 aliphatic heterocycles. The van der Waals surface area contributed by atoms with Crippen LogP contribution >= 0.6 is 0 Å². The quantitative estimate of drug-likeness (QED) is 0.242. The van der Waals surface area contributed by atoms with E-state index in [9.17, 15) is 9.59 Å². The van der Waals surface area contributed by atoms with Crippen molar-refractivity contribution in [3.8, 4) is 12.3 Å². The van der Waals surface area contributed by atoms with Gasteiger partial charge >= 0.3 is 0 Å². The molecule has 0 aromatic heterocycles. The Balaban J connectivity index is 2.99. The van der Waals surface area contributed by atoms with Crippen molar-refractivity contribution in [3.63, 3.8) is 0 Å². The van der Waals surface area contributed by atoms with Crippen molar-refractivity contribution in [1.29, 1.82) is 0 Å². The third-order valence-corrected chi connectivity index (χ3v) is 3.70. The molecule has 24 heavy (non-hydrogen) atoms. The lowest BCUT2D eigenvalue weighted by atomic mass is 10.1. The van der Waals surface area contributed by atoms with Crippen molar-refractivity contribution in [3.05, 3.63) is 23.9 Å². The summed E-state index contributed by atoms with van der Waals surface area (Å²) in [6, 6.07) is -0.269. The monoisotopic (exact) mass is 333 g/mol. The van der Waals surface area contributed by atoms with E-state index in [0.717, 1.165) is 0 Å². The first-order valence-corrected chi connectivity index (χ1v) is 7.31. The summed E-state index contributed by atoms with van der Waals surface area (Å²) in [5.74, 6) is 1.43. The maximum atomic E-state index is 12.0. The number of primary amides is 1. The standard InChI is InChI=1S/C16H23N5O3/c1-5-12(17)14(15(18)23)16(19-3)20-10-7-11(9-24-4)21(8-10)13(22)6-2/h1,6,10-11H,2,7-9,17H2,3-4H3,(H2,18,23)(H,19,20)/t10-,11+/m0/s1. The van der Waals surface area contributed by atoms with Gasteiger partial charge in [-0.25, -0.2) is 0 Å². The molecule has 1 saturated heterocycles. The van der Waals surface area contributed by atoms with Gasteiger partial charge in [0.25, 0.3) is 5.91 Å². The number of aliphatic imine (C=N–C) groups is 1. The molecule has 1 rings (SSSR count). The highest BCUT2D eigenvalue weighted by Crippen LogP contribution is 2.19. The Kier molecular flexibility index (Phi) is 7.01. The number of hydrogen-bond acceptors (Lipinski definition) is 5. The van der Waals surface area contributed by atoms with E-state index in [1.54, 1.807) is 12.0 Å². The molecule has 1 heterocycles. The van der Waals surface area contributed by atoms with Crippen LogP contribution in [0, 0.1) is 12.3 Å². The minimum atomic E-state index is -0.774. The van der Waals surface area contributed by atoms with E-state index in [1.165, 1.54) is 13.1 Å². The van der Waals surface area contributed by atoms with Gasteiger partial charge in [-0.05, 0) is 12.5 Å². The number of terminal acetylenes is 1. The topological polar surface area (TPSA) is 123 Å². The number of rotatable bonds is 6. The number of nitrogens with two attached hydrogens (primary N) is 2. The van der Waals surface area contributed by atoms with Crippen LogP contribution in [0.3, 0.4) is 0 Å². The average Bonchev–Trinajstić information content (AvgIpc) is 2.95. The zero-order valence-corrected chi connectivity index (χ0v) is 13.9. The number of allylic oxidation sites excluding steroid dienone is 1. The van der Waals surface area contributed by atoms with E-state index in [4.69, 9.17) is 22.6 Å². The highest BCUT2D eigenvalue weighted by Gasteiger charge is 2.35. The molecule has 0 unspecified atom stereocenters. The smallest absolute Gasteiger partial charge is 0.255 e. The predicted octanol–water partition coefficient (Wildman–Crippen LogP) is -1.26. The van der Waals surface area contributed by atoms with Gasteiger partial charge in [-0.1, -0.05) is 12.5 Å². The van der Waals surface area contributed by atoms with Crippen molar-refractivity contribution >= 4 is 17.6 Å². The van der Waals surface area contributed by atoms with Crippen molar-refractivity contribution in [2.45, 2.75) is 18.5 Å². The highest BCUT2D eigenvalue weighted by molar-refractivity contribution is 6.21. The molecule has 5 N–H and O–H groups in total. The summed E-state index contributed by atoms with van der Waals surface area (Å²) in [5, 5.41) is 3.09. The lowest BCUT2D eigenvalue weighted by Gasteiger charge is -2.22. The molecule has 0 aromatic rings. The molecular weight excluding hydrogens is 310 g/mol. The Hall–Kier alpha value is -2.79. The summed E-state index contributed by atoms with van der Waals surface area (Å²) in [7, 11) is 3.06. The van der Waals surface area contributed by atoms with Crippen molar-refractivity contribution in [2.24, 2.45) is 16.5 Å². The number of hydrogen-bond donors (Lipinski definition) is 3. The van der Waals surface area contributed by atoms with Crippen LogP contribution in [0.4, 0.5) is 0 Å². The number of carbonyl (C=O) groups excluding carboxylic acids is 2. The van der Waals surface area contributed by atoms with Crippen LogP contribution in [0.15, 0.2) is 28.9 Å². The molecule has 8 heteroatoms. The molecule has 130 valence electrons. The van der Waals surface area contributed by atoms with Crippen molar-refractivity contribution < 1.29 is 14.3 Å². The molecular formula is C16H23N5O3. The number of likely N-dealkylation sites (tertiary alicyclic amines) is 1. The van der Waals surface area contributed by atoms with Gasteiger partial charge in [0.2, 0.25) is 5.91 Å². The predicted molar refractivity (Wildman–Crippen MR) is 91.7 cm³/mol. The van der Waals surface area contributed by atoms with Crippen LogP contribution in [0.1, 0.15) is 6.42 Å². The number of amides is 2. The van der Waals surface area contributed by atoms with Gasteiger partial charge in [-0.3, -0.25) is 14.6 Å². The van der Waals surface area contributed by atoms with Crippen LogP contribution in [-0.2, 0) is 14.3 Å². The second kappa shape index (κ2) is 8.74. The first kappa shape index (κ1) is 19.3. The van der Waals surface area contributed by atoms with Gasteiger partial charge in [-0.2, -0.15) is 0 Å². The molecule has 8 nitrogen and oxygen atoms in total. The summed E-state index contributed by atoms with van der Waals surface area (Å²) in [5.41, 5.74) is 10.9. The van der Waals surface area contributed by atoms with E-state index in [0.29, 0.717) is 19.6 Å². The number of amidine groups is 1. The molecule has 1 fully saturated rings. The second-order valence-electron chi connectivity index (χ2n) is 5.25. The summed E-state index contributed by atoms with van der Waals surface area (Å²) in [6.45, 7) is 4.30. The Bertz CT molecular complexity index is 618. The number of nitrogens with one attached hydrogen (secondary N) is 1. The van der Waals surface area contributed by atoms with Gasteiger partial charge < -0.3 is 26.4 Å². The highest BCUT2D eigenvalue weighted by atomic mass is 16.5. The number of methoxy groups -OCH3 is 1. The molecule has 0 saturated carbocycles. The maximum Gasteiger partial charge on any atom is 0.255 e. The zero-order chi connectivity index (χ0) is 18.3.